The van der Waals surface area contributed by atoms with Crippen LogP contribution in [0.3, 0.4) is 0 Å². The van der Waals surface area contributed by atoms with Gasteiger partial charge < -0.3 is 5.32 Å². The highest BCUT2D eigenvalue weighted by Gasteiger charge is 2.30. The highest BCUT2D eigenvalue weighted by molar-refractivity contribution is 7.89. The van der Waals surface area contributed by atoms with Crippen LogP contribution in [0.1, 0.15) is 40.5 Å². The van der Waals surface area contributed by atoms with Crippen molar-refractivity contribution in [3.63, 3.8) is 0 Å². The minimum atomic E-state index is -3.85. The van der Waals surface area contributed by atoms with Gasteiger partial charge in [0.1, 0.15) is 4.90 Å². The lowest BCUT2D eigenvalue weighted by Gasteiger charge is -2.12. The van der Waals surface area contributed by atoms with Gasteiger partial charge in [0.25, 0.3) is 5.91 Å². The summed E-state index contributed by atoms with van der Waals surface area (Å²) in [5, 5.41) is 2.59. The largest absolute Gasteiger partial charge is 0.322 e. The van der Waals surface area contributed by atoms with Crippen LogP contribution >= 0.6 is 23.2 Å². The maximum Gasteiger partial charge on any atom is 0.257 e. The van der Waals surface area contributed by atoms with Crippen molar-refractivity contribution in [1.82, 2.24) is 4.72 Å². The fourth-order valence-corrected chi connectivity index (χ4v) is 4.54. The molecule has 1 aliphatic carbocycles. The number of rotatable bonds is 6. The van der Waals surface area contributed by atoms with Crippen LogP contribution in [0, 0.1) is 0 Å². The maximum absolute atomic E-state index is 12.6. The molecule has 2 N–H and O–H groups in total. The number of hydrogen-bond acceptors (Lipinski definition) is 4. The number of ketones is 1. The zero-order valence-corrected chi connectivity index (χ0v) is 16.6. The Balaban J connectivity index is 1.87. The summed E-state index contributed by atoms with van der Waals surface area (Å²) in [6.07, 6.45) is 1.54. The lowest BCUT2D eigenvalue weighted by Crippen LogP contribution is -2.26. The third-order valence-corrected chi connectivity index (χ3v) is 6.30. The van der Waals surface area contributed by atoms with Gasteiger partial charge in [-0.15, -0.1) is 0 Å². The summed E-state index contributed by atoms with van der Waals surface area (Å²) in [5.74, 6) is -0.679. The second-order valence-electron chi connectivity index (χ2n) is 6.25. The van der Waals surface area contributed by atoms with Crippen LogP contribution in [0.2, 0.25) is 10.0 Å². The van der Waals surface area contributed by atoms with E-state index in [2.05, 4.69) is 10.0 Å². The molecular formula is C18H16Cl2N2O4S. The number of amides is 1. The minimum absolute atomic E-state index is 0.0205. The molecule has 1 fully saturated rings. The number of halogens is 2. The second-order valence-corrected chi connectivity index (χ2v) is 8.74. The monoisotopic (exact) mass is 426 g/mol. The molecule has 0 atom stereocenters. The molecular weight excluding hydrogens is 411 g/mol. The van der Waals surface area contributed by atoms with E-state index in [0.29, 0.717) is 11.3 Å². The van der Waals surface area contributed by atoms with Crippen LogP contribution in [0.25, 0.3) is 0 Å². The van der Waals surface area contributed by atoms with Gasteiger partial charge >= 0.3 is 0 Å². The van der Waals surface area contributed by atoms with Gasteiger partial charge in [-0.1, -0.05) is 23.2 Å². The van der Waals surface area contributed by atoms with E-state index in [1.165, 1.54) is 13.0 Å². The van der Waals surface area contributed by atoms with Gasteiger partial charge in [0, 0.05) is 17.3 Å². The fourth-order valence-electron chi connectivity index (χ4n) is 2.38. The van der Waals surface area contributed by atoms with Crippen molar-refractivity contribution < 1.29 is 18.0 Å². The quantitative estimate of drug-likeness (QED) is 0.685. The van der Waals surface area contributed by atoms with Crippen LogP contribution in [-0.4, -0.2) is 26.2 Å². The molecule has 1 amide bonds. The fraction of sp³-hybridized carbons (Fsp3) is 0.222. The summed E-state index contributed by atoms with van der Waals surface area (Å²) in [7, 11) is -3.85. The Morgan fingerprint density at radius 3 is 2.22 bits per heavy atom. The van der Waals surface area contributed by atoms with E-state index in [9.17, 15) is 18.0 Å². The third kappa shape index (κ3) is 4.68. The predicted molar refractivity (Wildman–Crippen MR) is 104 cm³/mol. The van der Waals surface area contributed by atoms with Gasteiger partial charge in [-0.25, -0.2) is 13.1 Å². The summed E-state index contributed by atoms with van der Waals surface area (Å²) >= 11 is 12.1. The standard InChI is InChI=1S/C18H16Cl2N2O4S/c1-10(23)11-2-4-12(5-3-11)21-18(24)14-8-17(16(20)9-15(14)19)27(25,26)22-13-6-7-13/h2-5,8-9,13,22H,6-7H2,1H3,(H,21,24). The van der Waals surface area contributed by atoms with Gasteiger partial charge in [0.15, 0.2) is 5.78 Å². The molecule has 9 heteroatoms. The number of sulfonamides is 1. The normalized spacial score (nSPS) is 14.0. The summed E-state index contributed by atoms with van der Waals surface area (Å²) in [5.41, 5.74) is 0.932. The lowest BCUT2D eigenvalue weighted by atomic mass is 10.1. The molecule has 1 saturated carbocycles. The Morgan fingerprint density at radius 2 is 1.67 bits per heavy atom. The summed E-state index contributed by atoms with van der Waals surface area (Å²) in [6, 6.07) is 8.61. The summed E-state index contributed by atoms with van der Waals surface area (Å²) < 4.78 is 27.4. The van der Waals surface area contributed by atoms with E-state index >= 15 is 0 Å². The SMILES string of the molecule is CC(=O)c1ccc(NC(=O)c2cc(S(=O)(=O)NC3CC3)c(Cl)cc2Cl)cc1. The molecule has 0 saturated heterocycles. The molecule has 0 radical (unpaired) electrons. The van der Waals surface area contributed by atoms with Crippen LogP contribution in [0.15, 0.2) is 41.3 Å². The Kier molecular flexibility index (Phi) is 5.58. The number of hydrogen-bond donors (Lipinski definition) is 2. The van der Waals surface area contributed by atoms with Crippen LogP contribution in [0.4, 0.5) is 5.69 Å². The Labute approximate surface area is 166 Å². The van der Waals surface area contributed by atoms with Gasteiger partial charge in [0.05, 0.1) is 15.6 Å². The average molecular weight is 427 g/mol. The first-order valence-electron chi connectivity index (χ1n) is 8.11. The van der Waals surface area contributed by atoms with Crippen LogP contribution in [-0.2, 0) is 10.0 Å². The summed E-state index contributed by atoms with van der Waals surface area (Å²) in [6.45, 7) is 1.44. The summed E-state index contributed by atoms with van der Waals surface area (Å²) in [4.78, 5) is 23.7. The van der Waals surface area contributed by atoms with Crippen LogP contribution < -0.4 is 10.0 Å². The molecule has 142 valence electrons. The van der Waals surface area contributed by atoms with E-state index in [1.54, 1.807) is 24.3 Å². The average Bonchev–Trinajstić information content (AvgIpc) is 3.38. The van der Waals surface area contributed by atoms with E-state index in [4.69, 9.17) is 23.2 Å². The van der Waals surface area contributed by atoms with Crippen molar-refractivity contribution >= 4 is 50.6 Å². The van der Waals surface area contributed by atoms with E-state index in [-0.39, 0.29) is 32.3 Å². The van der Waals surface area contributed by atoms with Crippen molar-refractivity contribution in [3.8, 4) is 0 Å². The first kappa shape index (κ1) is 19.8. The number of carbonyl (C=O) groups is 2. The van der Waals surface area contributed by atoms with Crippen molar-refractivity contribution in [1.29, 1.82) is 0 Å². The van der Waals surface area contributed by atoms with Crippen molar-refractivity contribution in [2.75, 3.05) is 5.32 Å². The molecule has 2 aromatic rings. The molecule has 0 aromatic heterocycles. The Hall–Kier alpha value is -1.93. The van der Waals surface area contributed by atoms with Crippen LogP contribution in [0.5, 0.6) is 0 Å². The van der Waals surface area contributed by atoms with E-state index in [1.807, 2.05) is 0 Å². The molecule has 1 aliphatic rings. The number of anilines is 1. The molecule has 27 heavy (non-hydrogen) atoms. The second kappa shape index (κ2) is 7.59. The van der Waals surface area contributed by atoms with E-state index < -0.39 is 15.9 Å². The zero-order valence-electron chi connectivity index (χ0n) is 14.3. The first-order chi connectivity index (χ1) is 12.7. The molecule has 0 unspecified atom stereocenters. The van der Waals surface area contributed by atoms with E-state index in [0.717, 1.165) is 18.9 Å². The zero-order chi connectivity index (χ0) is 19.8. The molecule has 0 bridgehead atoms. The lowest BCUT2D eigenvalue weighted by molar-refractivity contribution is 0.101. The van der Waals surface area contributed by atoms with Gasteiger partial charge in [-0.05, 0) is 56.2 Å². The third-order valence-electron chi connectivity index (χ3n) is 4.00. The molecule has 2 aromatic carbocycles. The molecule has 0 spiro atoms. The minimum Gasteiger partial charge on any atom is -0.322 e. The van der Waals surface area contributed by atoms with Gasteiger partial charge in [-0.2, -0.15) is 0 Å². The number of Topliss-reactive ketones (excluding diaryl/α,β-unsaturated/α-hetero) is 1. The number of carbonyl (C=O) groups excluding carboxylic acids is 2. The highest BCUT2D eigenvalue weighted by Crippen LogP contribution is 2.31. The smallest absolute Gasteiger partial charge is 0.257 e. The van der Waals surface area contributed by atoms with Gasteiger partial charge in [-0.3, -0.25) is 9.59 Å². The Morgan fingerprint density at radius 1 is 1.04 bits per heavy atom. The molecule has 0 heterocycles. The first-order valence-corrected chi connectivity index (χ1v) is 10.3. The van der Waals surface area contributed by atoms with Crippen molar-refractivity contribution in [3.05, 3.63) is 57.6 Å². The topological polar surface area (TPSA) is 92.3 Å². The highest BCUT2D eigenvalue weighted by atomic mass is 35.5. The molecule has 6 nitrogen and oxygen atoms in total. The van der Waals surface area contributed by atoms with Crippen molar-refractivity contribution in [2.24, 2.45) is 0 Å². The number of benzene rings is 2. The van der Waals surface area contributed by atoms with Crippen molar-refractivity contribution in [2.45, 2.75) is 30.7 Å². The molecule has 3 rings (SSSR count). The molecule has 0 aliphatic heterocycles. The predicted octanol–water partition coefficient (Wildman–Crippen LogP) is 3.89. The maximum atomic E-state index is 12.6. The Bertz CT molecular complexity index is 1020. The van der Waals surface area contributed by atoms with Gasteiger partial charge in [0.2, 0.25) is 10.0 Å². The number of nitrogens with one attached hydrogen (secondary N) is 2.